The van der Waals surface area contributed by atoms with Crippen molar-refractivity contribution in [3.8, 4) is 11.5 Å². The molecule has 0 atom stereocenters. The molecule has 0 aliphatic carbocycles. The van der Waals surface area contributed by atoms with E-state index in [1.165, 1.54) is 18.9 Å². The van der Waals surface area contributed by atoms with Crippen molar-refractivity contribution >= 4 is 83.7 Å². The third-order valence-corrected chi connectivity index (χ3v) is 6.62. The smallest absolute Gasteiger partial charge is 0.263 e. The van der Waals surface area contributed by atoms with E-state index in [4.69, 9.17) is 21.7 Å². The third-order valence-electron chi connectivity index (χ3n) is 3.98. The Balaban J connectivity index is 1.72. The minimum absolute atomic E-state index is 0.197. The zero-order valence-electron chi connectivity index (χ0n) is 15.9. The van der Waals surface area contributed by atoms with Crippen molar-refractivity contribution in [3.05, 3.63) is 55.3 Å². The molecule has 0 bridgehead atoms. The molecule has 2 amide bonds. The van der Waals surface area contributed by atoms with Gasteiger partial charge in [0.05, 0.1) is 16.5 Å². The van der Waals surface area contributed by atoms with Crippen molar-refractivity contribution in [2.45, 2.75) is 6.92 Å². The molecule has 2 N–H and O–H groups in total. The average Bonchev–Trinajstić information content (AvgIpc) is 3.00. The molecule has 0 saturated carbocycles. The van der Waals surface area contributed by atoms with Crippen LogP contribution in [-0.2, 0) is 9.59 Å². The molecule has 1 aliphatic rings. The van der Waals surface area contributed by atoms with Crippen LogP contribution in [0.3, 0.4) is 0 Å². The Morgan fingerprint density at radius 3 is 2.67 bits per heavy atom. The molecular weight excluding hydrogens is 556 g/mol. The number of ether oxygens (including phenoxy) is 2. The first-order valence-corrected chi connectivity index (χ1v) is 11.4. The van der Waals surface area contributed by atoms with Crippen LogP contribution in [0.25, 0.3) is 6.08 Å². The number of carbonyl (C=O) groups excluding carboxylic acids is 2. The summed E-state index contributed by atoms with van der Waals surface area (Å²) < 4.78 is 13.1. The fraction of sp³-hybridized carbons (Fsp3) is 0.150. The molecule has 1 fully saturated rings. The molecule has 2 aromatic carbocycles. The lowest BCUT2D eigenvalue weighted by Crippen LogP contribution is -2.20. The van der Waals surface area contributed by atoms with Gasteiger partial charge in [-0.25, -0.2) is 0 Å². The van der Waals surface area contributed by atoms with E-state index in [-0.39, 0.29) is 18.4 Å². The third kappa shape index (κ3) is 5.63. The molecule has 10 heteroatoms. The summed E-state index contributed by atoms with van der Waals surface area (Å²) in [7, 11) is 1.50. The van der Waals surface area contributed by atoms with Crippen LogP contribution in [0.1, 0.15) is 11.1 Å². The van der Waals surface area contributed by atoms with Gasteiger partial charge in [0.15, 0.2) is 18.1 Å². The van der Waals surface area contributed by atoms with Crippen LogP contribution in [0.4, 0.5) is 5.69 Å². The quantitative estimate of drug-likeness (QED) is 0.374. The number of hydrogen-bond acceptors (Lipinski definition) is 6. The number of thioether (sulfide) groups is 1. The lowest BCUT2D eigenvalue weighted by Gasteiger charge is -2.14. The highest BCUT2D eigenvalue weighted by Crippen LogP contribution is 2.38. The summed E-state index contributed by atoms with van der Waals surface area (Å²) in [5.41, 5.74) is 2.42. The van der Waals surface area contributed by atoms with E-state index in [0.29, 0.717) is 30.9 Å². The van der Waals surface area contributed by atoms with Gasteiger partial charge in [-0.3, -0.25) is 9.59 Å². The molecule has 0 radical (unpaired) electrons. The van der Waals surface area contributed by atoms with Crippen molar-refractivity contribution in [2.24, 2.45) is 0 Å². The molecule has 1 saturated heterocycles. The predicted octanol–water partition coefficient (Wildman–Crippen LogP) is 5.03. The van der Waals surface area contributed by atoms with Gasteiger partial charge in [-0.15, -0.1) is 0 Å². The van der Waals surface area contributed by atoms with Gasteiger partial charge in [-0.1, -0.05) is 39.9 Å². The van der Waals surface area contributed by atoms with E-state index in [1.807, 2.05) is 19.1 Å². The fourth-order valence-corrected chi connectivity index (χ4v) is 4.46. The zero-order chi connectivity index (χ0) is 21.8. The second-order valence-corrected chi connectivity index (χ2v) is 9.61. The van der Waals surface area contributed by atoms with Crippen LogP contribution >= 0.6 is 55.8 Å². The molecule has 0 spiro atoms. The minimum atomic E-state index is -0.301. The number of hydrogen-bond donors (Lipinski definition) is 2. The van der Waals surface area contributed by atoms with E-state index >= 15 is 0 Å². The molecule has 3 rings (SSSR count). The van der Waals surface area contributed by atoms with Crippen molar-refractivity contribution in [2.75, 3.05) is 19.0 Å². The van der Waals surface area contributed by atoms with Crippen molar-refractivity contribution in [1.82, 2.24) is 5.32 Å². The summed E-state index contributed by atoms with van der Waals surface area (Å²) in [6.07, 6.45) is 1.71. The summed E-state index contributed by atoms with van der Waals surface area (Å²) in [6.45, 7) is 1.74. The highest BCUT2D eigenvalue weighted by Gasteiger charge is 2.22. The Morgan fingerprint density at radius 2 is 2.03 bits per heavy atom. The SMILES string of the molecule is COc1cc(/C=C2\SC(=S)NC2=O)cc(Br)c1OCC(=O)Nc1ccc(Br)c(C)c1. The number of benzene rings is 2. The summed E-state index contributed by atoms with van der Waals surface area (Å²) >= 11 is 13.1. The first-order valence-electron chi connectivity index (χ1n) is 8.58. The van der Waals surface area contributed by atoms with E-state index in [0.717, 1.165) is 15.6 Å². The molecule has 1 heterocycles. The molecule has 156 valence electrons. The number of nitrogens with one attached hydrogen (secondary N) is 2. The Bertz CT molecular complexity index is 1070. The summed E-state index contributed by atoms with van der Waals surface area (Å²) in [5, 5.41) is 5.37. The van der Waals surface area contributed by atoms with Gasteiger partial charge in [0.2, 0.25) is 0 Å². The number of methoxy groups -OCH3 is 1. The Hall–Kier alpha value is -1.88. The molecule has 0 unspecified atom stereocenters. The van der Waals surface area contributed by atoms with Gasteiger partial charge < -0.3 is 20.1 Å². The summed E-state index contributed by atoms with van der Waals surface area (Å²) in [4.78, 5) is 24.6. The van der Waals surface area contributed by atoms with Gasteiger partial charge in [0.1, 0.15) is 4.32 Å². The second-order valence-electron chi connectivity index (χ2n) is 6.19. The van der Waals surface area contributed by atoms with Crippen LogP contribution < -0.4 is 20.1 Å². The van der Waals surface area contributed by atoms with E-state index in [9.17, 15) is 9.59 Å². The fourth-order valence-electron chi connectivity index (χ4n) is 2.59. The standard InChI is InChI=1S/C20H16Br2N2O4S2/c1-10-5-12(3-4-13(10)21)23-17(25)9-28-18-14(22)6-11(7-15(18)27-2)8-16-19(26)24-20(29)30-16/h3-8H,9H2,1-2H3,(H,23,25)(H,24,26,29)/b16-8-. The maximum atomic E-state index is 12.3. The first kappa shape index (κ1) is 22.8. The van der Waals surface area contributed by atoms with Gasteiger partial charge in [-0.05, 0) is 70.4 Å². The Labute approximate surface area is 200 Å². The van der Waals surface area contributed by atoms with Crippen LogP contribution in [0.15, 0.2) is 44.2 Å². The van der Waals surface area contributed by atoms with Crippen LogP contribution in [0, 0.1) is 6.92 Å². The maximum Gasteiger partial charge on any atom is 0.263 e. The minimum Gasteiger partial charge on any atom is -0.493 e. The molecule has 1 aliphatic heterocycles. The summed E-state index contributed by atoms with van der Waals surface area (Å²) in [5.74, 6) is 0.278. The predicted molar refractivity (Wildman–Crippen MR) is 130 cm³/mol. The zero-order valence-corrected chi connectivity index (χ0v) is 20.7. The monoisotopic (exact) mass is 570 g/mol. The topological polar surface area (TPSA) is 76.7 Å². The van der Waals surface area contributed by atoms with Crippen molar-refractivity contribution in [1.29, 1.82) is 0 Å². The Kier molecular flexibility index (Phi) is 7.56. The van der Waals surface area contributed by atoms with Crippen LogP contribution in [-0.4, -0.2) is 29.9 Å². The molecule has 2 aromatic rings. The van der Waals surface area contributed by atoms with Crippen molar-refractivity contribution < 1.29 is 19.1 Å². The van der Waals surface area contributed by atoms with Gasteiger partial charge in [-0.2, -0.15) is 0 Å². The van der Waals surface area contributed by atoms with Crippen LogP contribution in [0.5, 0.6) is 11.5 Å². The lowest BCUT2D eigenvalue weighted by molar-refractivity contribution is -0.118. The number of amides is 2. The largest absolute Gasteiger partial charge is 0.493 e. The highest BCUT2D eigenvalue weighted by atomic mass is 79.9. The lowest BCUT2D eigenvalue weighted by atomic mass is 10.2. The van der Waals surface area contributed by atoms with E-state index < -0.39 is 0 Å². The highest BCUT2D eigenvalue weighted by molar-refractivity contribution is 9.10. The number of halogens is 2. The number of carbonyl (C=O) groups is 2. The van der Waals surface area contributed by atoms with Gasteiger partial charge in [0.25, 0.3) is 11.8 Å². The van der Waals surface area contributed by atoms with Gasteiger partial charge in [0, 0.05) is 10.2 Å². The Morgan fingerprint density at radius 1 is 1.27 bits per heavy atom. The average molecular weight is 572 g/mol. The first-order chi connectivity index (χ1) is 14.3. The second kappa shape index (κ2) is 9.95. The number of thiocarbonyl (C=S) groups is 1. The number of rotatable bonds is 6. The molecule has 30 heavy (non-hydrogen) atoms. The van der Waals surface area contributed by atoms with Gasteiger partial charge >= 0.3 is 0 Å². The normalized spacial score (nSPS) is 14.6. The molecule has 6 nitrogen and oxygen atoms in total. The number of anilines is 1. The summed E-state index contributed by atoms with van der Waals surface area (Å²) in [6, 6.07) is 9.03. The van der Waals surface area contributed by atoms with Crippen LogP contribution in [0.2, 0.25) is 0 Å². The molecule has 0 aromatic heterocycles. The van der Waals surface area contributed by atoms with E-state index in [1.54, 1.807) is 24.3 Å². The molecular formula is C20H16Br2N2O4S2. The number of aryl methyl sites for hydroxylation is 1. The maximum absolute atomic E-state index is 12.3. The van der Waals surface area contributed by atoms with E-state index in [2.05, 4.69) is 42.5 Å². The van der Waals surface area contributed by atoms with Crippen molar-refractivity contribution in [3.63, 3.8) is 0 Å².